The van der Waals surface area contributed by atoms with Crippen molar-refractivity contribution in [1.29, 1.82) is 0 Å². The lowest BCUT2D eigenvalue weighted by atomic mass is 9.99. The Bertz CT molecular complexity index is 289. The van der Waals surface area contributed by atoms with Gasteiger partial charge in [-0.3, -0.25) is 0 Å². The van der Waals surface area contributed by atoms with Crippen molar-refractivity contribution in [3.63, 3.8) is 0 Å². The van der Waals surface area contributed by atoms with Crippen LogP contribution in [0.1, 0.15) is 31.7 Å². The van der Waals surface area contributed by atoms with Crippen LogP contribution in [0.25, 0.3) is 0 Å². The number of para-hydroxylation sites is 1. The van der Waals surface area contributed by atoms with Gasteiger partial charge in [0.1, 0.15) is 0 Å². The van der Waals surface area contributed by atoms with E-state index >= 15 is 0 Å². The second kappa shape index (κ2) is 4.70. The molecule has 1 aromatic carbocycles. The molecule has 0 aliphatic rings. The fraction of sp³-hybridized carbons (Fsp3) is 0.333. The van der Waals surface area contributed by atoms with Crippen molar-refractivity contribution in [3.8, 4) is 0 Å². The molecular weight excluding hydrogens is 158 g/mol. The molecule has 0 saturated heterocycles. The Kier molecular flexibility index (Phi) is 3.56. The first-order chi connectivity index (χ1) is 6.25. The second-order valence-corrected chi connectivity index (χ2v) is 3.25. The highest BCUT2D eigenvalue weighted by Crippen LogP contribution is 2.22. The summed E-state index contributed by atoms with van der Waals surface area (Å²) in [4.78, 5) is 0. The monoisotopic (exact) mass is 175 g/mol. The molecular formula is C12H17N. The molecule has 1 unspecified atom stereocenters. The van der Waals surface area contributed by atoms with E-state index in [-0.39, 0.29) is 0 Å². The summed E-state index contributed by atoms with van der Waals surface area (Å²) in [5, 5.41) is 0. The van der Waals surface area contributed by atoms with Crippen LogP contribution in [0, 0.1) is 0 Å². The van der Waals surface area contributed by atoms with Gasteiger partial charge < -0.3 is 5.73 Å². The van der Waals surface area contributed by atoms with Gasteiger partial charge in [0, 0.05) is 11.6 Å². The van der Waals surface area contributed by atoms with E-state index in [0.29, 0.717) is 5.92 Å². The minimum atomic E-state index is 0.418. The summed E-state index contributed by atoms with van der Waals surface area (Å²) in [6.45, 7) is 4.30. The van der Waals surface area contributed by atoms with Gasteiger partial charge in [-0.25, -0.2) is 0 Å². The third-order valence-corrected chi connectivity index (χ3v) is 2.15. The van der Waals surface area contributed by atoms with Gasteiger partial charge in [-0.05, 0) is 18.1 Å². The molecule has 2 N–H and O–H groups in total. The van der Waals surface area contributed by atoms with Crippen molar-refractivity contribution < 1.29 is 0 Å². The van der Waals surface area contributed by atoms with Crippen LogP contribution in [-0.4, -0.2) is 0 Å². The summed E-state index contributed by atoms with van der Waals surface area (Å²) < 4.78 is 0. The Morgan fingerprint density at radius 3 is 2.69 bits per heavy atom. The van der Waals surface area contributed by atoms with Crippen LogP contribution in [-0.2, 0) is 0 Å². The van der Waals surface area contributed by atoms with Crippen molar-refractivity contribution in [2.75, 3.05) is 5.73 Å². The van der Waals surface area contributed by atoms with E-state index in [4.69, 9.17) is 5.73 Å². The summed E-state index contributed by atoms with van der Waals surface area (Å²) in [5.74, 6) is 0.418. The average molecular weight is 175 g/mol. The maximum absolute atomic E-state index is 5.86. The van der Waals surface area contributed by atoms with Crippen molar-refractivity contribution >= 4 is 5.69 Å². The van der Waals surface area contributed by atoms with Gasteiger partial charge in [0.25, 0.3) is 0 Å². The number of anilines is 1. The largest absolute Gasteiger partial charge is 0.398 e. The fourth-order valence-corrected chi connectivity index (χ4v) is 1.37. The SMILES string of the molecule is CC/C=C/C(C)c1ccccc1N. The zero-order chi connectivity index (χ0) is 9.68. The highest BCUT2D eigenvalue weighted by Gasteiger charge is 2.03. The highest BCUT2D eigenvalue weighted by molar-refractivity contribution is 5.49. The molecule has 1 aromatic rings. The molecule has 13 heavy (non-hydrogen) atoms. The molecule has 0 spiro atoms. The minimum absolute atomic E-state index is 0.418. The molecule has 0 fully saturated rings. The quantitative estimate of drug-likeness (QED) is 0.553. The van der Waals surface area contributed by atoms with Gasteiger partial charge in [-0.1, -0.05) is 44.2 Å². The first-order valence-corrected chi connectivity index (χ1v) is 4.76. The first kappa shape index (κ1) is 9.85. The number of hydrogen-bond donors (Lipinski definition) is 1. The van der Waals surface area contributed by atoms with E-state index in [1.54, 1.807) is 0 Å². The Morgan fingerprint density at radius 1 is 1.38 bits per heavy atom. The summed E-state index contributed by atoms with van der Waals surface area (Å²) >= 11 is 0. The van der Waals surface area contributed by atoms with Crippen LogP contribution in [0.5, 0.6) is 0 Å². The molecule has 0 aliphatic carbocycles. The third kappa shape index (κ3) is 2.62. The molecule has 1 nitrogen and oxygen atoms in total. The average Bonchev–Trinajstić information content (AvgIpc) is 2.15. The van der Waals surface area contributed by atoms with Crippen LogP contribution in [0.2, 0.25) is 0 Å². The molecule has 0 amide bonds. The number of nitrogen functional groups attached to an aromatic ring is 1. The van der Waals surface area contributed by atoms with Crippen molar-refractivity contribution in [2.24, 2.45) is 0 Å². The molecule has 0 heterocycles. The molecule has 0 bridgehead atoms. The van der Waals surface area contributed by atoms with E-state index in [1.165, 1.54) is 5.56 Å². The number of nitrogens with two attached hydrogens (primary N) is 1. The van der Waals surface area contributed by atoms with Crippen LogP contribution in [0.4, 0.5) is 5.69 Å². The van der Waals surface area contributed by atoms with Crippen LogP contribution >= 0.6 is 0 Å². The Morgan fingerprint density at radius 2 is 2.08 bits per heavy atom. The van der Waals surface area contributed by atoms with Crippen LogP contribution in [0.3, 0.4) is 0 Å². The van der Waals surface area contributed by atoms with Gasteiger partial charge >= 0.3 is 0 Å². The smallest absolute Gasteiger partial charge is 0.0352 e. The lowest BCUT2D eigenvalue weighted by Gasteiger charge is -2.09. The standard InChI is InChI=1S/C12H17N/c1-3-4-7-10(2)11-8-5-6-9-12(11)13/h4-10H,3,13H2,1-2H3/b7-4+. The van der Waals surface area contributed by atoms with Gasteiger partial charge in [0.05, 0.1) is 0 Å². The predicted octanol–water partition coefficient (Wildman–Crippen LogP) is 3.34. The zero-order valence-corrected chi connectivity index (χ0v) is 8.33. The Labute approximate surface area is 80.3 Å². The summed E-state index contributed by atoms with van der Waals surface area (Å²) in [6, 6.07) is 8.03. The molecule has 0 aromatic heterocycles. The lowest BCUT2D eigenvalue weighted by Crippen LogP contribution is -1.96. The van der Waals surface area contributed by atoms with E-state index in [1.807, 2.05) is 18.2 Å². The molecule has 70 valence electrons. The zero-order valence-electron chi connectivity index (χ0n) is 8.33. The molecule has 1 rings (SSSR count). The molecule has 0 aliphatic heterocycles. The van der Waals surface area contributed by atoms with Crippen molar-refractivity contribution in [1.82, 2.24) is 0 Å². The predicted molar refractivity (Wildman–Crippen MR) is 58.7 cm³/mol. The van der Waals surface area contributed by atoms with E-state index in [9.17, 15) is 0 Å². The maximum Gasteiger partial charge on any atom is 0.0352 e. The van der Waals surface area contributed by atoms with Gasteiger partial charge in [0.15, 0.2) is 0 Å². The Hall–Kier alpha value is -1.24. The number of rotatable bonds is 3. The number of benzene rings is 1. The minimum Gasteiger partial charge on any atom is -0.398 e. The van der Waals surface area contributed by atoms with Crippen molar-refractivity contribution in [3.05, 3.63) is 42.0 Å². The molecule has 1 atom stereocenters. The maximum atomic E-state index is 5.86. The molecule has 0 radical (unpaired) electrons. The first-order valence-electron chi connectivity index (χ1n) is 4.76. The fourth-order valence-electron chi connectivity index (χ4n) is 1.37. The normalized spacial score (nSPS) is 13.4. The van der Waals surface area contributed by atoms with Crippen LogP contribution in [0.15, 0.2) is 36.4 Å². The van der Waals surface area contributed by atoms with E-state index in [2.05, 4.69) is 32.1 Å². The van der Waals surface area contributed by atoms with Crippen LogP contribution < -0.4 is 5.73 Å². The summed E-state index contributed by atoms with van der Waals surface area (Å²) in [7, 11) is 0. The van der Waals surface area contributed by atoms with Gasteiger partial charge in [-0.2, -0.15) is 0 Å². The van der Waals surface area contributed by atoms with Gasteiger partial charge in [0.2, 0.25) is 0 Å². The van der Waals surface area contributed by atoms with Gasteiger partial charge in [-0.15, -0.1) is 0 Å². The summed E-state index contributed by atoms with van der Waals surface area (Å²) in [5.41, 5.74) is 7.96. The van der Waals surface area contributed by atoms with Crippen molar-refractivity contribution in [2.45, 2.75) is 26.2 Å². The highest BCUT2D eigenvalue weighted by atomic mass is 14.6. The summed E-state index contributed by atoms with van der Waals surface area (Å²) in [6.07, 6.45) is 5.46. The Balaban J connectivity index is 2.82. The second-order valence-electron chi connectivity index (χ2n) is 3.25. The van der Waals surface area contributed by atoms with E-state index in [0.717, 1.165) is 12.1 Å². The number of allylic oxidation sites excluding steroid dienone is 2. The number of hydrogen-bond acceptors (Lipinski definition) is 1. The third-order valence-electron chi connectivity index (χ3n) is 2.15. The molecule has 1 heteroatoms. The van der Waals surface area contributed by atoms with E-state index < -0.39 is 0 Å². The topological polar surface area (TPSA) is 26.0 Å². The lowest BCUT2D eigenvalue weighted by molar-refractivity contribution is 0.961. The molecule has 0 saturated carbocycles.